The van der Waals surface area contributed by atoms with E-state index in [1.807, 2.05) is 29.2 Å². The second-order valence-corrected chi connectivity index (χ2v) is 6.10. The lowest BCUT2D eigenvalue weighted by Gasteiger charge is -2.32. The van der Waals surface area contributed by atoms with Crippen LogP contribution >= 0.6 is 0 Å². The van der Waals surface area contributed by atoms with E-state index in [4.69, 9.17) is 9.15 Å². The lowest BCUT2D eigenvalue weighted by Crippen LogP contribution is -2.37. The van der Waals surface area contributed by atoms with E-state index in [-0.39, 0.29) is 12.5 Å². The van der Waals surface area contributed by atoms with Gasteiger partial charge < -0.3 is 14.1 Å². The number of carbonyl (C=O) groups is 2. The summed E-state index contributed by atoms with van der Waals surface area (Å²) in [5, 5.41) is 2.67. The average molecular weight is 343 g/mol. The fourth-order valence-electron chi connectivity index (χ4n) is 2.98. The number of rotatable bonds is 4. The third-order valence-electron chi connectivity index (χ3n) is 4.32. The van der Waals surface area contributed by atoms with Crippen LogP contribution < -0.4 is 5.32 Å². The Balaban J connectivity index is 1.53. The molecule has 0 bridgehead atoms. The van der Waals surface area contributed by atoms with Crippen LogP contribution in [0.5, 0.6) is 0 Å². The molecule has 1 aromatic heterocycles. The molecule has 1 N–H and O–H groups in total. The summed E-state index contributed by atoms with van der Waals surface area (Å²) in [5.74, 6) is 0.945. The van der Waals surface area contributed by atoms with Crippen LogP contribution in [0.15, 0.2) is 41.3 Å². The number of likely N-dealkylation sites (tertiary alicyclic amines) is 1. The predicted octanol–water partition coefficient (Wildman–Crippen LogP) is 3.15. The van der Waals surface area contributed by atoms with Gasteiger partial charge in [0.1, 0.15) is 0 Å². The van der Waals surface area contributed by atoms with Crippen molar-refractivity contribution in [1.82, 2.24) is 9.88 Å². The van der Waals surface area contributed by atoms with Crippen LogP contribution in [0.2, 0.25) is 0 Å². The molecule has 3 rings (SSSR count). The van der Waals surface area contributed by atoms with Gasteiger partial charge in [0.2, 0.25) is 5.91 Å². The molecule has 2 aromatic rings. The molecule has 25 heavy (non-hydrogen) atoms. The van der Waals surface area contributed by atoms with Crippen LogP contribution in [0.4, 0.5) is 10.5 Å². The Bertz CT molecular complexity index is 712. The molecule has 132 valence electrons. The zero-order valence-electron chi connectivity index (χ0n) is 14.1. The molecular formula is C18H21N3O4. The Morgan fingerprint density at radius 2 is 2.16 bits per heavy atom. The first-order valence-electron chi connectivity index (χ1n) is 8.28. The molecule has 0 aliphatic carbocycles. The fourth-order valence-corrected chi connectivity index (χ4v) is 2.98. The molecular weight excluding hydrogens is 322 g/mol. The summed E-state index contributed by atoms with van der Waals surface area (Å²) < 4.78 is 10.0. The standard InChI is InChI=1S/C18H21N3O4/c1-13(22)21-8-2-3-15(10-21)14-4-6-16(7-5-14)20-18(23)24-11-17-9-19-12-25-17/h4-7,9,12,15H,2-3,8,10-11H2,1H3,(H,20,23)/t15-/m1/s1. The van der Waals surface area contributed by atoms with E-state index < -0.39 is 6.09 Å². The van der Waals surface area contributed by atoms with Gasteiger partial charge in [-0.05, 0) is 30.5 Å². The molecule has 1 atom stereocenters. The zero-order valence-corrected chi connectivity index (χ0v) is 14.1. The molecule has 0 unspecified atom stereocenters. The van der Waals surface area contributed by atoms with E-state index in [2.05, 4.69) is 10.3 Å². The van der Waals surface area contributed by atoms with Crippen molar-refractivity contribution in [3.05, 3.63) is 48.2 Å². The van der Waals surface area contributed by atoms with Gasteiger partial charge in [-0.15, -0.1) is 0 Å². The Hall–Kier alpha value is -2.83. The summed E-state index contributed by atoms with van der Waals surface area (Å²) in [5.41, 5.74) is 1.83. The normalized spacial score (nSPS) is 17.2. The van der Waals surface area contributed by atoms with Crippen LogP contribution in [0.1, 0.15) is 37.0 Å². The molecule has 1 aromatic carbocycles. The van der Waals surface area contributed by atoms with Crippen molar-refractivity contribution >= 4 is 17.7 Å². The van der Waals surface area contributed by atoms with Gasteiger partial charge in [-0.1, -0.05) is 12.1 Å². The summed E-state index contributed by atoms with van der Waals surface area (Å²) in [6.45, 7) is 3.23. The number of oxazole rings is 1. The Kier molecular flexibility index (Phi) is 5.33. The third-order valence-corrected chi connectivity index (χ3v) is 4.32. The second-order valence-electron chi connectivity index (χ2n) is 6.10. The average Bonchev–Trinajstić information content (AvgIpc) is 3.14. The van der Waals surface area contributed by atoms with Gasteiger partial charge in [0.05, 0.1) is 6.20 Å². The van der Waals surface area contributed by atoms with Gasteiger partial charge in [0, 0.05) is 31.6 Å². The highest BCUT2D eigenvalue weighted by atomic mass is 16.6. The first kappa shape index (κ1) is 17.0. The van der Waals surface area contributed by atoms with Crippen molar-refractivity contribution in [3.8, 4) is 0 Å². The molecule has 2 amide bonds. The van der Waals surface area contributed by atoms with E-state index in [1.54, 1.807) is 6.92 Å². The van der Waals surface area contributed by atoms with E-state index >= 15 is 0 Å². The minimum Gasteiger partial charge on any atom is -0.445 e. The Morgan fingerprint density at radius 3 is 2.84 bits per heavy atom. The van der Waals surface area contributed by atoms with Gasteiger partial charge in [0.25, 0.3) is 0 Å². The largest absolute Gasteiger partial charge is 0.445 e. The number of ether oxygens (including phenoxy) is 1. The number of amides is 2. The van der Waals surface area contributed by atoms with E-state index in [9.17, 15) is 9.59 Å². The van der Waals surface area contributed by atoms with Crippen molar-refractivity contribution in [2.45, 2.75) is 32.3 Å². The number of hydrogen-bond donors (Lipinski definition) is 1. The lowest BCUT2D eigenvalue weighted by molar-refractivity contribution is -0.130. The number of aromatic nitrogens is 1. The van der Waals surface area contributed by atoms with Crippen LogP contribution in [0, 0.1) is 0 Å². The maximum atomic E-state index is 11.8. The summed E-state index contributed by atoms with van der Waals surface area (Å²) in [6, 6.07) is 7.66. The summed E-state index contributed by atoms with van der Waals surface area (Å²) in [4.78, 5) is 29.0. The molecule has 1 fully saturated rings. The fraction of sp³-hybridized carbons (Fsp3) is 0.389. The minimum atomic E-state index is -0.551. The van der Waals surface area contributed by atoms with Gasteiger partial charge in [0.15, 0.2) is 18.8 Å². The van der Waals surface area contributed by atoms with Gasteiger partial charge in [-0.25, -0.2) is 9.78 Å². The second kappa shape index (κ2) is 7.83. The highest BCUT2D eigenvalue weighted by molar-refractivity contribution is 5.84. The quantitative estimate of drug-likeness (QED) is 0.922. The number of benzene rings is 1. The third kappa shape index (κ3) is 4.59. The molecule has 2 heterocycles. The summed E-state index contributed by atoms with van der Waals surface area (Å²) >= 11 is 0. The monoisotopic (exact) mass is 343 g/mol. The predicted molar refractivity (Wildman–Crippen MR) is 91.0 cm³/mol. The SMILES string of the molecule is CC(=O)N1CCC[C@@H](c2ccc(NC(=O)OCc3cnco3)cc2)C1. The number of carbonyl (C=O) groups excluding carboxylic acids is 2. The van der Waals surface area contributed by atoms with Crippen LogP contribution in [-0.2, 0) is 16.1 Å². The Labute approximate surface area is 146 Å². The molecule has 0 saturated carbocycles. The smallest absolute Gasteiger partial charge is 0.412 e. The van der Waals surface area contributed by atoms with E-state index in [0.717, 1.165) is 25.9 Å². The highest BCUT2D eigenvalue weighted by Crippen LogP contribution is 2.27. The number of anilines is 1. The molecule has 0 spiro atoms. The topological polar surface area (TPSA) is 84.7 Å². The summed E-state index contributed by atoms with van der Waals surface area (Å²) in [6.07, 6.45) is 4.31. The van der Waals surface area contributed by atoms with E-state index in [1.165, 1.54) is 18.2 Å². The first-order valence-corrected chi connectivity index (χ1v) is 8.28. The van der Waals surface area contributed by atoms with Crippen molar-refractivity contribution in [3.63, 3.8) is 0 Å². The molecule has 1 saturated heterocycles. The molecule has 7 nitrogen and oxygen atoms in total. The molecule has 0 radical (unpaired) electrons. The number of nitrogens with zero attached hydrogens (tertiary/aromatic N) is 2. The van der Waals surface area contributed by atoms with Crippen LogP contribution in [0.3, 0.4) is 0 Å². The van der Waals surface area contributed by atoms with Crippen molar-refractivity contribution < 1.29 is 18.7 Å². The van der Waals surface area contributed by atoms with Gasteiger partial charge >= 0.3 is 6.09 Å². The number of nitrogens with one attached hydrogen (secondary N) is 1. The van der Waals surface area contributed by atoms with Gasteiger partial charge in [-0.2, -0.15) is 0 Å². The molecule has 1 aliphatic heterocycles. The minimum absolute atomic E-state index is 0.0346. The molecule has 7 heteroatoms. The zero-order chi connectivity index (χ0) is 17.6. The number of piperidine rings is 1. The maximum absolute atomic E-state index is 11.8. The number of hydrogen-bond acceptors (Lipinski definition) is 5. The Morgan fingerprint density at radius 1 is 1.36 bits per heavy atom. The van der Waals surface area contributed by atoms with Crippen molar-refractivity contribution in [2.75, 3.05) is 18.4 Å². The van der Waals surface area contributed by atoms with Gasteiger partial charge in [-0.3, -0.25) is 10.1 Å². The first-order chi connectivity index (χ1) is 12.1. The highest BCUT2D eigenvalue weighted by Gasteiger charge is 2.22. The van der Waals surface area contributed by atoms with Crippen molar-refractivity contribution in [2.24, 2.45) is 0 Å². The van der Waals surface area contributed by atoms with Crippen molar-refractivity contribution in [1.29, 1.82) is 0 Å². The molecule has 1 aliphatic rings. The summed E-state index contributed by atoms with van der Waals surface area (Å²) in [7, 11) is 0. The van der Waals surface area contributed by atoms with E-state index in [0.29, 0.717) is 17.4 Å². The maximum Gasteiger partial charge on any atom is 0.412 e. The lowest BCUT2D eigenvalue weighted by atomic mass is 9.90. The van der Waals surface area contributed by atoms with Crippen LogP contribution in [-0.4, -0.2) is 35.0 Å². The van der Waals surface area contributed by atoms with Crippen LogP contribution in [0.25, 0.3) is 0 Å².